The van der Waals surface area contributed by atoms with Gasteiger partial charge < -0.3 is 5.11 Å². The van der Waals surface area contributed by atoms with Crippen molar-refractivity contribution in [1.29, 1.82) is 0 Å². The maximum Gasteiger partial charge on any atom is 0.335 e. The molecule has 1 saturated carbocycles. The summed E-state index contributed by atoms with van der Waals surface area (Å²) in [7, 11) is 0. The number of carboxylic acids is 1. The van der Waals surface area contributed by atoms with Gasteiger partial charge in [-0.1, -0.05) is 18.9 Å². The smallest absolute Gasteiger partial charge is 0.335 e. The predicted molar refractivity (Wildman–Crippen MR) is 66.2 cm³/mol. The second-order valence-electron chi connectivity index (χ2n) is 4.36. The van der Waals surface area contributed by atoms with E-state index in [9.17, 15) is 4.79 Å². The fraction of sp³-hybridized carbons (Fsp3) is 0.462. The molecule has 1 fully saturated rings. The molecule has 2 nitrogen and oxygen atoms in total. The zero-order valence-electron chi connectivity index (χ0n) is 9.40. The number of carboxylic acid groups (broad SMARTS) is 1. The van der Waals surface area contributed by atoms with Crippen LogP contribution < -0.4 is 0 Å². The number of aromatic carboxylic acids is 1. The Morgan fingerprint density at radius 2 is 2.25 bits per heavy atom. The molecule has 16 heavy (non-hydrogen) atoms. The van der Waals surface area contributed by atoms with Gasteiger partial charge in [0.25, 0.3) is 0 Å². The van der Waals surface area contributed by atoms with Gasteiger partial charge in [-0.15, -0.1) is 11.8 Å². The highest BCUT2D eigenvalue weighted by Crippen LogP contribution is 2.34. The molecule has 3 heteroatoms. The lowest BCUT2D eigenvalue weighted by atomic mass is 10.1. The molecule has 0 aromatic heterocycles. The van der Waals surface area contributed by atoms with Crippen molar-refractivity contribution in [3.05, 3.63) is 29.3 Å². The van der Waals surface area contributed by atoms with E-state index in [1.807, 2.05) is 19.1 Å². The van der Waals surface area contributed by atoms with E-state index in [1.165, 1.54) is 19.3 Å². The summed E-state index contributed by atoms with van der Waals surface area (Å²) in [5.74, 6) is 1.21. The second kappa shape index (κ2) is 4.91. The minimum atomic E-state index is -0.831. The highest BCUT2D eigenvalue weighted by atomic mass is 32.2. The molecule has 1 N–H and O–H groups in total. The van der Waals surface area contributed by atoms with Crippen LogP contribution in [0.3, 0.4) is 0 Å². The fourth-order valence-electron chi connectivity index (χ4n) is 1.67. The van der Waals surface area contributed by atoms with Crippen LogP contribution in [0, 0.1) is 12.8 Å². The Kier molecular flexibility index (Phi) is 3.54. The van der Waals surface area contributed by atoms with Crippen molar-refractivity contribution < 1.29 is 9.90 Å². The van der Waals surface area contributed by atoms with Crippen LogP contribution in [-0.4, -0.2) is 16.8 Å². The van der Waals surface area contributed by atoms with Gasteiger partial charge in [0.15, 0.2) is 0 Å². The minimum Gasteiger partial charge on any atom is -0.478 e. The van der Waals surface area contributed by atoms with Crippen LogP contribution in [0.1, 0.15) is 35.2 Å². The molecule has 1 aromatic rings. The zero-order valence-corrected chi connectivity index (χ0v) is 10.2. The summed E-state index contributed by atoms with van der Waals surface area (Å²) < 4.78 is 0. The van der Waals surface area contributed by atoms with Gasteiger partial charge >= 0.3 is 5.97 Å². The Balaban J connectivity index is 1.97. The first-order valence-electron chi connectivity index (χ1n) is 5.63. The van der Waals surface area contributed by atoms with Gasteiger partial charge in [0.2, 0.25) is 0 Å². The van der Waals surface area contributed by atoms with Crippen LogP contribution in [0.4, 0.5) is 0 Å². The lowest BCUT2D eigenvalue weighted by Gasteiger charge is -2.05. The highest BCUT2D eigenvalue weighted by Gasteiger charge is 2.20. The summed E-state index contributed by atoms with van der Waals surface area (Å²) in [6.45, 7) is 1.84. The van der Waals surface area contributed by atoms with Crippen molar-refractivity contribution >= 4 is 17.7 Å². The van der Waals surface area contributed by atoms with Crippen LogP contribution in [0.25, 0.3) is 0 Å². The van der Waals surface area contributed by atoms with Crippen molar-refractivity contribution in [3.8, 4) is 0 Å². The summed E-state index contributed by atoms with van der Waals surface area (Å²) in [6.07, 6.45) is 4.03. The van der Waals surface area contributed by atoms with Crippen LogP contribution in [0.5, 0.6) is 0 Å². The SMILES string of the molecule is Cc1ccc(SCCC2CC2)cc1C(=O)O. The molecule has 0 heterocycles. The van der Waals surface area contributed by atoms with E-state index in [-0.39, 0.29) is 0 Å². The van der Waals surface area contributed by atoms with Gasteiger partial charge in [0, 0.05) is 4.90 Å². The molecule has 0 amide bonds. The second-order valence-corrected chi connectivity index (χ2v) is 5.53. The third-order valence-corrected chi connectivity index (χ3v) is 3.96. The van der Waals surface area contributed by atoms with Gasteiger partial charge in [-0.2, -0.15) is 0 Å². The maximum atomic E-state index is 11.0. The minimum absolute atomic E-state index is 0.427. The number of benzene rings is 1. The van der Waals surface area contributed by atoms with Gasteiger partial charge in [0.1, 0.15) is 0 Å². The molecule has 0 saturated heterocycles. The van der Waals surface area contributed by atoms with Crippen molar-refractivity contribution in [2.75, 3.05) is 5.75 Å². The molecule has 1 aliphatic carbocycles. The molecule has 0 spiro atoms. The molecule has 1 aliphatic rings. The summed E-state index contributed by atoms with van der Waals surface area (Å²) in [5.41, 5.74) is 1.26. The molecule has 2 rings (SSSR count). The average molecular weight is 236 g/mol. The molecule has 0 unspecified atom stereocenters. The Bertz CT molecular complexity index is 397. The lowest BCUT2D eigenvalue weighted by molar-refractivity contribution is 0.0696. The van der Waals surface area contributed by atoms with Crippen LogP contribution in [0.15, 0.2) is 23.1 Å². The first kappa shape index (κ1) is 11.5. The van der Waals surface area contributed by atoms with Gasteiger partial charge in [-0.05, 0) is 42.7 Å². The van der Waals surface area contributed by atoms with Gasteiger partial charge in [0.05, 0.1) is 5.56 Å². The summed E-state index contributed by atoms with van der Waals surface area (Å²) in [4.78, 5) is 12.0. The van der Waals surface area contributed by atoms with E-state index in [2.05, 4.69) is 0 Å². The maximum absolute atomic E-state index is 11.0. The Labute approximate surface area is 100 Å². The van der Waals surface area contributed by atoms with E-state index < -0.39 is 5.97 Å². The molecule has 0 atom stereocenters. The quantitative estimate of drug-likeness (QED) is 0.794. The molecule has 1 aromatic carbocycles. The van der Waals surface area contributed by atoms with Crippen molar-refractivity contribution in [1.82, 2.24) is 0 Å². The van der Waals surface area contributed by atoms with Crippen molar-refractivity contribution in [2.45, 2.75) is 31.1 Å². The van der Waals surface area contributed by atoms with Gasteiger partial charge in [-0.3, -0.25) is 0 Å². The normalized spacial score (nSPS) is 15.1. The molecular weight excluding hydrogens is 220 g/mol. The first-order valence-corrected chi connectivity index (χ1v) is 6.62. The van der Waals surface area contributed by atoms with Crippen LogP contribution >= 0.6 is 11.8 Å². The lowest BCUT2D eigenvalue weighted by Crippen LogP contribution is -1.99. The number of thioether (sulfide) groups is 1. The molecule has 86 valence electrons. The van der Waals surface area contributed by atoms with Crippen molar-refractivity contribution in [2.24, 2.45) is 5.92 Å². The Morgan fingerprint density at radius 1 is 1.50 bits per heavy atom. The predicted octanol–water partition coefficient (Wildman–Crippen LogP) is 3.59. The van der Waals surface area contributed by atoms with Crippen LogP contribution in [0.2, 0.25) is 0 Å². The molecular formula is C13H16O2S. The fourth-order valence-corrected chi connectivity index (χ4v) is 2.72. The first-order chi connectivity index (χ1) is 7.66. The van der Waals surface area contributed by atoms with E-state index >= 15 is 0 Å². The van der Waals surface area contributed by atoms with E-state index in [0.717, 1.165) is 22.1 Å². The third-order valence-electron chi connectivity index (χ3n) is 2.93. The zero-order chi connectivity index (χ0) is 11.5. The number of carbonyl (C=O) groups is 1. The number of hydrogen-bond acceptors (Lipinski definition) is 2. The Morgan fingerprint density at radius 3 is 2.88 bits per heavy atom. The topological polar surface area (TPSA) is 37.3 Å². The van der Waals surface area contributed by atoms with E-state index in [1.54, 1.807) is 17.8 Å². The average Bonchev–Trinajstić information content (AvgIpc) is 3.04. The number of hydrogen-bond donors (Lipinski definition) is 1. The van der Waals surface area contributed by atoms with E-state index in [4.69, 9.17) is 5.11 Å². The highest BCUT2D eigenvalue weighted by molar-refractivity contribution is 7.99. The molecule has 0 aliphatic heterocycles. The van der Waals surface area contributed by atoms with Gasteiger partial charge in [-0.25, -0.2) is 4.79 Å². The third kappa shape index (κ3) is 3.01. The van der Waals surface area contributed by atoms with E-state index in [0.29, 0.717) is 5.56 Å². The summed E-state index contributed by atoms with van der Waals surface area (Å²) >= 11 is 1.77. The molecule has 0 bridgehead atoms. The Hall–Kier alpha value is -0.960. The summed E-state index contributed by atoms with van der Waals surface area (Å²) in [6, 6.07) is 5.69. The largest absolute Gasteiger partial charge is 0.478 e. The number of aryl methyl sites for hydroxylation is 1. The monoisotopic (exact) mass is 236 g/mol. The van der Waals surface area contributed by atoms with Crippen molar-refractivity contribution in [3.63, 3.8) is 0 Å². The number of rotatable bonds is 5. The summed E-state index contributed by atoms with van der Waals surface area (Å²) in [5, 5.41) is 9.00. The molecule has 0 radical (unpaired) electrons. The standard InChI is InChI=1S/C13H16O2S/c1-9-2-5-11(8-12(9)13(14)15)16-7-6-10-3-4-10/h2,5,8,10H,3-4,6-7H2,1H3,(H,14,15). The van der Waals surface area contributed by atoms with Crippen LogP contribution in [-0.2, 0) is 0 Å².